The molecule has 0 spiro atoms. The number of aromatic nitrogens is 2. The van der Waals surface area contributed by atoms with Crippen molar-refractivity contribution in [2.75, 3.05) is 5.75 Å². The molecule has 1 aromatic carbocycles. The van der Waals surface area contributed by atoms with Crippen LogP contribution in [0.3, 0.4) is 0 Å². The lowest BCUT2D eigenvalue weighted by Gasteiger charge is -2.14. The Kier molecular flexibility index (Phi) is 4.72. The van der Waals surface area contributed by atoms with E-state index >= 15 is 0 Å². The normalized spacial score (nSPS) is 14.4. The van der Waals surface area contributed by atoms with Gasteiger partial charge in [-0.3, -0.25) is 4.79 Å². The number of carbonyl (C=O) groups excluding carboxylic acids is 1. The SMILES string of the molecule is CC(NC(=O)CSc1ncnc2sc3c(c12)CCC3)c1ccccc1. The molecule has 128 valence electrons. The molecule has 0 saturated heterocycles. The van der Waals surface area contributed by atoms with Crippen LogP contribution in [0.25, 0.3) is 10.2 Å². The molecule has 6 heteroatoms. The van der Waals surface area contributed by atoms with Gasteiger partial charge in [0.1, 0.15) is 16.2 Å². The first-order valence-corrected chi connectivity index (χ1v) is 10.2. The number of nitrogens with zero attached hydrogens (tertiary/aromatic N) is 2. The lowest BCUT2D eigenvalue weighted by atomic mass is 10.1. The maximum atomic E-state index is 12.3. The summed E-state index contributed by atoms with van der Waals surface area (Å²) < 4.78 is 0. The van der Waals surface area contributed by atoms with Crippen molar-refractivity contribution in [3.05, 3.63) is 52.7 Å². The van der Waals surface area contributed by atoms with Crippen molar-refractivity contribution in [1.29, 1.82) is 0 Å². The molecule has 1 atom stereocenters. The van der Waals surface area contributed by atoms with Crippen molar-refractivity contribution >= 4 is 39.2 Å². The van der Waals surface area contributed by atoms with Crippen molar-refractivity contribution in [3.8, 4) is 0 Å². The highest BCUT2D eigenvalue weighted by Gasteiger charge is 2.21. The number of hydrogen-bond donors (Lipinski definition) is 1. The van der Waals surface area contributed by atoms with E-state index in [1.807, 2.05) is 37.3 Å². The highest BCUT2D eigenvalue weighted by molar-refractivity contribution is 8.00. The molecule has 2 aromatic heterocycles. The molecule has 0 radical (unpaired) electrons. The molecule has 0 fully saturated rings. The molecule has 25 heavy (non-hydrogen) atoms. The van der Waals surface area contributed by atoms with Gasteiger partial charge in [0.05, 0.1) is 11.8 Å². The van der Waals surface area contributed by atoms with Crippen LogP contribution in [-0.4, -0.2) is 21.6 Å². The van der Waals surface area contributed by atoms with Gasteiger partial charge in [0, 0.05) is 10.3 Å². The summed E-state index contributed by atoms with van der Waals surface area (Å²) in [5, 5.41) is 5.17. The Morgan fingerprint density at radius 3 is 2.96 bits per heavy atom. The van der Waals surface area contributed by atoms with Gasteiger partial charge >= 0.3 is 0 Å². The van der Waals surface area contributed by atoms with Gasteiger partial charge in [0.25, 0.3) is 0 Å². The van der Waals surface area contributed by atoms with Crippen molar-refractivity contribution < 1.29 is 4.79 Å². The first-order chi connectivity index (χ1) is 12.2. The molecule has 0 bridgehead atoms. The van der Waals surface area contributed by atoms with E-state index < -0.39 is 0 Å². The monoisotopic (exact) mass is 369 g/mol. The molecule has 1 aliphatic rings. The molecule has 1 N–H and O–H groups in total. The Hall–Kier alpha value is -1.92. The van der Waals surface area contributed by atoms with Gasteiger partial charge in [-0.1, -0.05) is 42.1 Å². The van der Waals surface area contributed by atoms with E-state index in [9.17, 15) is 4.79 Å². The summed E-state index contributed by atoms with van der Waals surface area (Å²) in [7, 11) is 0. The Morgan fingerprint density at radius 2 is 2.12 bits per heavy atom. The first-order valence-electron chi connectivity index (χ1n) is 8.44. The minimum atomic E-state index is 0.00473. The summed E-state index contributed by atoms with van der Waals surface area (Å²) in [6.45, 7) is 2.01. The Morgan fingerprint density at radius 1 is 1.28 bits per heavy atom. The van der Waals surface area contributed by atoms with Crippen LogP contribution in [0.1, 0.15) is 35.4 Å². The average molecular weight is 370 g/mol. The summed E-state index contributed by atoms with van der Waals surface area (Å²) in [6, 6.07) is 10.0. The number of fused-ring (bicyclic) bond motifs is 3. The van der Waals surface area contributed by atoms with E-state index in [4.69, 9.17) is 0 Å². The molecule has 4 nitrogen and oxygen atoms in total. The maximum Gasteiger partial charge on any atom is 0.230 e. The van der Waals surface area contributed by atoms with E-state index in [1.165, 1.54) is 34.0 Å². The molecular formula is C19H19N3OS2. The summed E-state index contributed by atoms with van der Waals surface area (Å²) >= 11 is 3.29. The van der Waals surface area contributed by atoms with Crippen LogP contribution in [0.2, 0.25) is 0 Å². The third-order valence-corrected chi connectivity index (χ3v) is 6.67. The van der Waals surface area contributed by atoms with E-state index in [0.717, 1.165) is 28.3 Å². The van der Waals surface area contributed by atoms with Gasteiger partial charge in [-0.25, -0.2) is 9.97 Å². The lowest BCUT2D eigenvalue weighted by Crippen LogP contribution is -2.28. The fraction of sp³-hybridized carbons (Fsp3) is 0.316. The summed E-state index contributed by atoms with van der Waals surface area (Å²) in [4.78, 5) is 23.7. The number of nitrogens with one attached hydrogen (secondary N) is 1. The largest absolute Gasteiger partial charge is 0.349 e. The number of rotatable bonds is 5. The fourth-order valence-electron chi connectivity index (χ4n) is 3.25. The van der Waals surface area contributed by atoms with Crippen molar-refractivity contribution in [2.45, 2.75) is 37.3 Å². The van der Waals surface area contributed by atoms with Gasteiger partial charge in [-0.2, -0.15) is 0 Å². The van der Waals surface area contributed by atoms with Crippen LogP contribution < -0.4 is 5.32 Å². The van der Waals surface area contributed by atoms with Gasteiger partial charge in [-0.05, 0) is 37.3 Å². The number of benzene rings is 1. The third-order valence-electron chi connectivity index (χ3n) is 4.48. The predicted octanol–water partition coefficient (Wildman–Crippen LogP) is 4.15. The molecule has 1 aliphatic carbocycles. The second kappa shape index (κ2) is 7.14. The number of carbonyl (C=O) groups is 1. The fourth-order valence-corrected chi connectivity index (χ4v) is 5.38. The highest BCUT2D eigenvalue weighted by atomic mass is 32.2. The molecule has 1 amide bonds. The smallest absolute Gasteiger partial charge is 0.230 e. The van der Waals surface area contributed by atoms with E-state index in [1.54, 1.807) is 17.7 Å². The molecule has 0 aliphatic heterocycles. The lowest BCUT2D eigenvalue weighted by molar-refractivity contribution is -0.119. The van der Waals surface area contributed by atoms with Gasteiger partial charge in [0.2, 0.25) is 5.91 Å². The standard InChI is InChI=1S/C19H19N3OS2/c1-12(13-6-3-2-4-7-13)22-16(23)10-24-18-17-14-8-5-9-15(14)25-19(17)21-11-20-18/h2-4,6-7,11-12H,5,8-10H2,1H3,(H,22,23). The molecule has 0 saturated carbocycles. The summed E-state index contributed by atoms with van der Waals surface area (Å²) in [6.07, 6.45) is 5.08. The van der Waals surface area contributed by atoms with Gasteiger partial charge in [-0.15, -0.1) is 11.3 Å². The number of thiophene rings is 1. The van der Waals surface area contributed by atoms with Gasteiger partial charge < -0.3 is 5.32 Å². The maximum absolute atomic E-state index is 12.3. The zero-order chi connectivity index (χ0) is 17.2. The first kappa shape index (κ1) is 16.5. The van der Waals surface area contributed by atoms with Crippen LogP contribution >= 0.6 is 23.1 Å². The van der Waals surface area contributed by atoms with Crippen LogP contribution in [0.5, 0.6) is 0 Å². The van der Waals surface area contributed by atoms with Crippen LogP contribution in [0.4, 0.5) is 0 Å². The number of thioether (sulfide) groups is 1. The number of aryl methyl sites for hydroxylation is 2. The molecule has 1 unspecified atom stereocenters. The zero-order valence-electron chi connectivity index (χ0n) is 14.0. The predicted molar refractivity (Wildman–Crippen MR) is 103 cm³/mol. The zero-order valence-corrected chi connectivity index (χ0v) is 15.6. The van der Waals surface area contributed by atoms with E-state index in [-0.39, 0.29) is 11.9 Å². The number of amides is 1. The Balaban J connectivity index is 1.45. The van der Waals surface area contributed by atoms with Crippen LogP contribution in [0.15, 0.2) is 41.7 Å². The second-order valence-electron chi connectivity index (χ2n) is 6.20. The van der Waals surface area contributed by atoms with E-state index in [0.29, 0.717) is 5.75 Å². The molecule has 4 rings (SSSR count). The molecule has 3 aromatic rings. The van der Waals surface area contributed by atoms with Crippen molar-refractivity contribution in [2.24, 2.45) is 0 Å². The van der Waals surface area contributed by atoms with Crippen LogP contribution in [-0.2, 0) is 17.6 Å². The minimum Gasteiger partial charge on any atom is -0.349 e. The Bertz CT molecular complexity index is 908. The summed E-state index contributed by atoms with van der Waals surface area (Å²) in [5.41, 5.74) is 2.52. The topological polar surface area (TPSA) is 54.9 Å². The van der Waals surface area contributed by atoms with Crippen molar-refractivity contribution in [1.82, 2.24) is 15.3 Å². The molecule has 2 heterocycles. The second-order valence-corrected chi connectivity index (χ2v) is 8.25. The minimum absolute atomic E-state index is 0.00473. The summed E-state index contributed by atoms with van der Waals surface area (Å²) in [5.74, 6) is 0.397. The highest BCUT2D eigenvalue weighted by Crippen LogP contribution is 2.39. The quantitative estimate of drug-likeness (QED) is 0.542. The third kappa shape index (κ3) is 3.41. The average Bonchev–Trinajstić information content (AvgIpc) is 3.21. The van der Waals surface area contributed by atoms with E-state index in [2.05, 4.69) is 15.3 Å². The van der Waals surface area contributed by atoms with Crippen LogP contribution in [0, 0.1) is 0 Å². The van der Waals surface area contributed by atoms with Gasteiger partial charge in [0.15, 0.2) is 0 Å². The van der Waals surface area contributed by atoms with Crippen molar-refractivity contribution in [3.63, 3.8) is 0 Å². The Labute approximate surface area is 155 Å². The molecular weight excluding hydrogens is 350 g/mol. The number of hydrogen-bond acceptors (Lipinski definition) is 5.